The van der Waals surface area contributed by atoms with Crippen LogP contribution >= 0.6 is 23.2 Å². The van der Waals surface area contributed by atoms with E-state index >= 15 is 0 Å². The van der Waals surface area contributed by atoms with Gasteiger partial charge in [0, 0.05) is 6.42 Å². The molecule has 0 heterocycles. The number of hydrogen-bond donors (Lipinski definition) is 0. The van der Waals surface area contributed by atoms with E-state index in [1.807, 2.05) is 38.1 Å². The second-order valence-corrected chi connectivity index (χ2v) is 8.05. The van der Waals surface area contributed by atoms with Gasteiger partial charge in [0.2, 0.25) is 0 Å². The topological polar surface area (TPSA) is 43.4 Å². The van der Waals surface area contributed by atoms with Gasteiger partial charge in [-0.1, -0.05) is 65.7 Å². The van der Waals surface area contributed by atoms with E-state index < -0.39 is 11.4 Å². The number of aldehydes is 1. The van der Waals surface area contributed by atoms with Crippen molar-refractivity contribution in [3.63, 3.8) is 0 Å². The Kier molecular flexibility index (Phi) is 6.96. The summed E-state index contributed by atoms with van der Waals surface area (Å²) in [5.74, 6) is -0.425. The van der Waals surface area contributed by atoms with Gasteiger partial charge >= 0.3 is 5.97 Å². The first-order valence-electron chi connectivity index (χ1n) is 9.60. The van der Waals surface area contributed by atoms with Gasteiger partial charge in [-0.3, -0.25) is 0 Å². The Hall–Kier alpha value is -2.62. The van der Waals surface area contributed by atoms with Gasteiger partial charge in [0.25, 0.3) is 0 Å². The Labute approximate surface area is 186 Å². The van der Waals surface area contributed by atoms with Crippen LogP contribution in [0.2, 0.25) is 10.0 Å². The second kappa shape index (κ2) is 9.46. The van der Waals surface area contributed by atoms with E-state index in [0.717, 1.165) is 23.0 Å². The first-order chi connectivity index (χ1) is 14.4. The van der Waals surface area contributed by atoms with Gasteiger partial charge < -0.3 is 9.53 Å². The lowest BCUT2D eigenvalue weighted by Gasteiger charge is -2.32. The summed E-state index contributed by atoms with van der Waals surface area (Å²) in [4.78, 5) is 25.0. The third kappa shape index (κ3) is 4.43. The SMILES string of the molecule is Cc1cccc(C)c1C(C=O)(CCOC(=O)c1ccccc1)c1ccc(Cl)c(Cl)c1. The molecule has 1 unspecified atom stereocenters. The van der Waals surface area contributed by atoms with E-state index in [1.54, 1.807) is 42.5 Å². The molecule has 0 aliphatic rings. The maximum absolute atomic E-state index is 12.7. The van der Waals surface area contributed by atoms with E-state index in [4.69, 9.17) is 27.9 Å². The summed E-state index contributed by atoms with van der Waals surface area (Å²) in [5, 5.41) is 0.783. The van der Waals surface area contributed by atoms with Crippen LogP contribution < -0.4 is 0 Å². The number of carbonyl (C=O) groups is 2. The highest BCUT2D eigenvalue weighted by Gasteiger charge is 2.37. The lowest BCUT2D eigenvalue weighted by molar-refractivity contribution is -0.112. The minimum absolute atomic E-state index is 0.0699. The van der Waals surface area contributed by atoms with Crippen molar-refractivity contribution in [1.82, 2.24) is 0 Å². The first kappa shape index (κ1) is 22.1. The number of benzene rings is 3. The van der Waals surface area contributed by atoms with Gasteiger partial charge in [-0.05, 0) is 60.4 Å². The molecule has 30 heavy (non-hydrogen) atoms. The average Bonchev–Trinajstić information content (AvgIpc) is 2.75. The number of rotatable bonds is 7. The molecule has 0 amide bonds. The first-order valence-corrected chi connectivity index (χ1v) is 10.4. The molecule has 0 aliphatic heterocycles. The molecule has 154 valence electrons. The van der Waals surface area contributed by atoms with Crippen LogP contribution in [0.15, 0.2) is 66.7 Å². The molecule has 0 bridgehead atoms. The Bertz CT molecular complexity index is 1040. The molecule has 0 aromatic heterocycles. The molecule has 3 rings (SSSR count). The molecule has 0 aliphatic carbocycles. The molecule has 3 nitrogen and oxygen atoms in total. The van der Waals surface area contributed by atoms with Crippen molar-refractivity contribution >= 4 is 35.5 Å². The Balaban J connectivity index is 2.00. The van der Waals surface area contributed by atoms with Crippen LogP contribution in [0.1, 0.15) is 39.0 Å². The number of carbonyl (C=O) groups excluding carboxylic acids is 2. The maximum atomic E-state index is 12.7. The third-order valence-electron chi connectivity index (χ3n) is 5.30. The second-order valence-electron chi connectivity index (χ2n) is 7.24. The Morgan fingerprint density at radius 1 is 0.933 bits per heavy atom. The van der Waals surface area contributed by atoms with Crippen LogP contribution in [0.4, 0.5) is 0 Å². The van der Waals surface area contributed by atoms with E-state index in [-0.39, 0.29) is 13.0 Å². The minimum atomic E-state index is -1.03. The van der Waals surface area contributed by atoms with Crippen molar-refractivity contribution in [1.29, 1.82) is 0 Å². The van der Waals surface area contributed by atoms with Gasteiger partial charge in [-0.2, -0.15) is 0 Å². The van der Waals surface area contributed by atoms with Crippen molar-refractivity contribution in [2.24, 2.45) is 0 Å². The summed E-state index contributed by atoms with van der Waals surface area (Å²) in [6.07, 6.45) is 1.19. The fourth-order valence-corrected chi connectivity index (χ4v) is 4.15. The zero-order valence-electron chi connectivity index (χ0n) is 16.8. The molecule has 3 aromatic rings. The van der Waals surface area contributed by atoms with E-state index in [2.05, 4.69) is 0 Å². The van der Waals surface area contributed by atoms with Crippen molar-refractivity contribution in [2.45, 2.75) is 25.7 Å². The quantitative estimate of drug-likeness (QED) is 0.317. The van der Waals surface area contributed by atoms with Crippen LogP contribution in [0.25, 0.3) is 0 Å². The van der Waals surface area contributed by atoms with E-state index in [9.17, 15) is 9.59 Å². The summed E-state index contributed by atoms with van der Waals surface area (Å²) < 4.78 is 5.51. The monoisotopic (exact) mass is 440 g/mol. The fraction of sp³-hybridized carbons (Fsp3) is 0.200. The highest BCUT2D eigenvalue weighted by molar-refractivity contribution is 6.42. The standard InChI is InChI=1S/C25H22Cl2O3/c1-17-7-6-8-18(2)23(17)25(16-28,20-11-12-21(26)22(27)15-20)13-14-30-24(29)19-9-4-3-5-10-19/h3-12,15-16H,13-14H2,1-2H3. The van der Waals surface area contributed by atoms with Gasteiger partial charge in [0.15, 0.2) is 0 Å². The highest BCUT2D eigenvalue weighted by Crippen LogP contribution is 2.40. The minimum Gasteiger partial charge on any atom is -0.462 e. The molecule has 1 atom stereocenters. The molecule has 0 radical (unpaired) electrons. The smallest absolute Gasteiger partial charge is 0.338 e. The van der Waals surface area contributed by atoms with Crippen molar-refractivity contribution in [3.8, 4) is 0 Å². The molecule has 3 aromatic carbocycles. The van der Waals surface area contributed by atoms with Crippen LogP contribution in [-0.4, -0.2) is 18.9 Å². The lowest BCUT2D eigenvalue weighted by atomic mass is 9.70. The molecular formula is C25H22Cl2O3. The Morgan fingerprint density at radius 2 is 1.60 bits per heavy atom. The normalized spacial score (nSPS) is 12.8. The van der Waals surface area contributed by atoms with Crippen LogP contribution in [-0.2, 0) is 14.9 Å². The largest absolute Gasteiger partial charge is 0.462 e. The number of esters is 1. The zero-order valence-corrected chi connectivity index (χ0v) is 18.3. The van der Waals surface area contributed by atoms with Gasteiger partial charge in [-0.25, -0.2) is 4.79 Å². The van der Waals surface area contributed by atoms with Gasteiger partial charge in [-0.15, -0.1) is 0 Å². The predicted molar refractivity (Wildman–Crippen MR) is 121 cm³/mol. The molecule has 0 spiro atoms. The van der Waals surface area contributed by atoms with Gasteiger partial charge in [0.05, 0.1) is 27.6 Å². The molecule has 0 N–H and O–H groups in total. The van der Waals surface area contributed by atoms with Gasteiger partial charge in [0.1, 0.15) is 6.29 Å². The average molecular weight is 441 g/mol. The predicted octanol–water partition coefficient (Wildman–Crippen LogP) is 6.34. The molecule has 0 saturated carbocycles. The summed E-state index contributed by atoms with van der Waals surface area (Å²) in [6, 6.07) is 19.9. The number of hydrogen-bond acceptors (Lipinski definition) is 3. The molecule has 0 saturated heterocycles. The highest BCUT2D eigenvalue weighted by atomic mass is 35.5. The lowest BCUT2D eigenvalue weighted by Crippen LogP contribution is -2.33. The summed E-state index contributed by atoms with van der Waals surface area (Å²) in [7, 11) is 0. The molecule has 5 heteroatoms. The molecular weight excluding hydrogens is 419 g/mol. The summed E-state index contributed by atoms with van der Waals surface area (Å²) in [5.41, 5.74) is 2.98. The zero-order chi connectivity index (χ0) is 21.7. The summed E-state index contributed by atoms with van der Waals surface area (Å²) >= 11 is 12.4. The van der Waals surface area contributed by atoms with Crippen LogP contribution in [0.5, 0.6) is 0 Å². The number of ether oxygens (including phenoxy) is 1. The van der Waals surface area contributed by atoms with E-state index in [1.165, 1.54) is 0 Å². The van der Waals surface area contributed by atoms with Crippen molar-refractivity contribution < 1.29 is 14.3 Å². The maximum Gasteiger partial charge on any atom is 0.338 e. The van der Waals surface area contributed by atoms with Crippen molar-refractivity contribution in [3.05, 3.63) is 105 Å². The Morgan fingerprint density at radius 3 is 2.20 bits per heavy atom. The van der Waals surface area contributed by atoms with Crippen LogP contribution in [0.3, 0.4) is 0 Å². The number of halogens is 2. The van der Waals surface area contributed by atoms with Crippen molar-refractivity contribution in [2.75, 3.05) is 6.61 Å². The number of aryl methyl sites for hydroxylation is 2. The van der Waals surface area contributed by atoms with Crippen LogP contribution in [0, 0.1) is 13.8 Å². The fourth-order valence-electron chi connectivity index (χ4n) is 3.85. The summed E-state index contributed by atoms with van der Waals surface area (Å²) in [6.45, 7) is 4.00. The molecule has 0 fully saturated rings. The van der Waals surface area contributed by atoms with E-state index in [0.29, 0.717) is 21.2 Å². The third-order valence-corrected chi connectivity index (χ3v) is 6.04.